The van der Waals surface area contributed by atoms with E-state index in [1.807, 2.05) is 0 Å². The van der Waals surface area contributed by atoms with Gasteiger partial charge < -0.3 is 0 Å². The Labute approximate surface area is 91.0 Å². The van der Waals surface area contributed by atoms with Crippen LogP contribution in [0.1, 0.15) is 38.5 Å². The van der Waals surface area contributed by atoms with Gasteiger partial charge in [0.05, 0.1) is 0 Å². The van der Waals surface area contributed by atoms with Gasteiger partial charge in [0, 0.05) is 0 Å². The van der Waals surface area contributed by atoms with E-state index in [1.165, 1.54) is 17.8 Å². The van der Waals surface area contributed by atoms with E-state index in [0.717, 1.165) is 4.01 Å². The predicted octanol–water partition coefficient (Wildman–Crippen LogP) is 3.34. The Kier molecular flexibility index (Phi) is 2.33. The topological polar surface area (TPSA) is 0 Å². The van der Waals surface area contributed by atoms with E-state index in [9.17, 15) is 0 Å². The summed E-state index contributed by atoms with van der Waals surface area (Å²) in [6, 6.07) is 0. The average Bonchev–Trinajstić information content (AvgIpc) is 1.79. The van der Waals surface area contributed by atoms with Gasteiger partial charge in [-0.1, -0.05) is 0 Å². The first kappa shape index (κ1) is 9.47. The van der Waals surface area contributed by atoms with Crippen LogP contribution in [-0.2, 0) is 18.3 Å². The van der Waals surface area contributed by atoms with E-state index in [0.29, 0.717) is 0 Å². The summed E-state index contributed by atoms with van der Waals surface area (Å²) in [5.74, 6) is 3.53. The summed E-state index contributed by atoms with van der Waals surface area (Å²) in [6.45, 7) is 0. The van der Waals surface area contributed by atoms with Crippen LogP contribution in [0.4, 0.5) is 0 Å². The van der Waals surface area contributed by atoms with Crippen molar-refractivity contribution in [2.24, 2.45) is 17.8 Å². The molecule has 0 spiro atoms. The van der Waals surface area contributed by atoms with Crippen molar-refractivity contribution in [2.75, 3.05) is 0 Å². The van der Waals surface area contributed by atoms with Crippen molar-refractivity contribution >= 4 is 12.4 Å². The monoisotopic (exact) mass is 235 g/mol. The molecular weight excluding hydrogens is 221 g/mol. The van der Waals surface area contributed by atoms with Crippen molar-refractivity contribution in [3.05, 3.63) is 0 Å². The predicted molar refractivity (Wildman–Crippen MR) is 48.1 cm³/mol. The fourth-order valence-corrected chi connectivity index (χ4v) is 6.86. The van der Waals surface area contributed by atoms with Gasteiger partial charge in [0.15, 0.2) is 0 Å². The van der Waals surface area contributed by atoms with Crippen LogP contribution in [0, 0.1) is 17.8 Å². The maximum absolute atomic E-state index is 1.62. The Morgan fingerprint density at radius 1 is 0.833 bits per heavy atom. The molecule has 4 aliphatic carbocycles. The summed E-state index contributed by atoms with van der Waals surface area (Å²) in [7, 11) is 0. The molecule has 0 amide bonds. The molecule has 0 N–H and O–H groups in total. The molecule has 4 aliphatic rings. The normalized spacial score (nSPS) is 55.3. The van der Waals surface area contributed by atoms with E-state index in [2.05, 4.69) is 0 Å². The molecule has 4 fully saturated rings. The molecule has 0 atom stereocenters. The van der Waals surface area contributed by atoms with Crippen LogP contribution in [-0.4, -0.2) is 0 Å². The molecule has 0 radical (unpaired) electrons. The van der Waals surface area contributed by atoms with E-state index >= 15 is 0 Å². The number of hydrogen-bond acceptors (Lipinski definition) is 0. The SMILES string of the molecule is Cl.[Zn][C]12CC3CC(CC(C3)C1)C2. The van der Waals surface area contributed by atoms with Crippen molar-refractivity contribution in [3.63, 3.8) is 0 Å². The molecule has 0 heterocycles. The zero-order valence-electron chi connectivity index (χ0n) is 7.59. The van der Waals surface area contributed by atoms with Gasteiger partial charge in [-0.3, -0.25) is 0 Å². The van der Waals surface area contributed by atoms with Crippen molar-refractivity contribution in [2.45, 2.75) is 42.5 Å². The third-order valence-electron chi connectivity index (χ3n) is 4.17. The van der Waals surface area contributed by atoms with Gasteiger partial charge in [-0.15, -0.1) is 12.4 Å². The molecule has 0 aromatic carbocycles. The molecule has 65 valence electrons. The van der Waals surface area contributed by atoms with Gasteiger partial charge in [-0.05, 0) is 0 Å². The van der Waals surface area contributed by atoms with Gasteiger partial charge in [-0.25, -0.2) is 0 Å². The Morgan fingerprint density at radius 3 is 1.42 bits per heavy atom. The average molecular weight is 237 g/mol. The molecule has 0 aromatic heterocycles. The Bertz CT molecular complexity index is 155. The minimum atomic E-state index is 0. The van der Waals surface area contributed by atoms with Gasteiger partial charge in [0.2, 0.25) is 0 Å². The molecule has 12 heavy (non-hydrogen) atoms. The standard InChI is InChI=1S/C10H15.ClH.Zn/c1-7-2-9-4-8(1)5-10(3-7)6-9;;/h7-9H,1-6H2;1H;. The second-order valence-corrected chi connectivity index (χ2v) is 8.56. The van der Waals surface area contributed by atoms with Gasteiger partial charge in [0.25, 0.3) is 0 Å². The number of halogens is 1. The summed E-state index contributed by atoms with van der Waals surface area (Å²) in [5, 5.41) is 0. The van der Waals surface area contributed by atoms with Crippen molar-refractivity contribution in [1.82, 2.24) is 0 Å². The molecule has 0 aliphatic heterocycles. The van der Waals surface area contributed by atoms with E-state index in [4.69, 9.17) is 0 Å². The van der Waals surface area contributed by atoms with Crippen molar-refractivity contribution in [3.8, 4) is 0 Å². The molecule has 4 rings (SSSR count). The molecule has 0 aromatic rings. The minimum absolute atomic E-state index is 0. The molecule has 4 bridgehead atoms. The summed E-state index contributed by atoms with van der Waals surface area (Å²) < 4.78 is 0.925. The van der Waals surface area contributed by atoms with Crippen LogP contribution < -0.4 is 0 Å². The second kappa shape index (κ2) is 2.95. The van der Waals surface area contributed by atoms with Crippen molar-refractivity contribution < 1.29 is 18.3 Å². The van der Waals surface area contributed by atoms with Gasteiger partial charge >= 0.3 is 78.6 Å². The zero-order chi connectivity index (χ0) is 7.47. The maximum atomic E-state index is 1.62. The Hall–Kier alpha value is 0.913. The summed E-state index contributed by atoms with van der Waals surface area (Å²) in [6.07, 6.45) is 9.70. The molecule has 0 unspecified atom stereocenters. The summed E-state index contributed by atoms with van der Waals surface area (Å²) in [4.78, 5) is 0. The second-order valence-electron chi connectivity index (χ2n) is 5.42. The fourth-order valence-electron chi connectivity index (χ4n) is 4.29. The molecule has 4 saturated carbocycles. The van der Waals surface area contributed by atoms with Crippen LogP contribution in [0.25, 0.3) is 0 Å². The van der Waals surface area contributed by atoms with E-state index < -0.39 is 0 Å². The molecule has 2 heteroatoms. The van der Waals surface area contributed by atoms with Crippen LogP contribution in [0.15, 0.2) is 0 Å². The van der Waals surface area contributed by atoms with Crippen LogP contribution in [0.5, 0.6) is 0 Å². The Balaban J connectivity index is 0.000000563. The number of hydrogen-bond donors (Lipinski definition) is 0. The first-order valence-electron chi connectivity index (χ1n) is 5.09. The van der Waals surface area contributed by atoms with Crippen LogP contribution in [0.3, 0.4) is 0 Å². The Morgan fingerprint density at radius 2 is 1.17 bits per heavy atom. The molecule has 0 saturated heterocycles. The quantitative estimate of drug-likeness (QED) is 0.567. The number of rotatable bonds is 0. The zero-order valence-corrected chi connectivity index (χ0v) is 11.4. The summed E-state index contributed by atoms with van der Waals surface area (Å²) in [5.41, 5.74) is 0. The van der Waals surface area contributed by atoms with Crippen LogP contribution >= 0.6 is 12.4 Å². The third kappa shape index (κ3) is 1.38. The fraction of sp³-hybridized carbons (Fsp3) is 1.00. The molecular formula is C10H16ClZn. The van der Waals surface area contributed by atoms with Gasteiger partial charge in [-0.2, -0.15) is 0 Å². The van der Waals surface area contributed by atoms with Crippen molar-refractivity contribution in [1.29, 1.82) is 0 Å². The molecule has 0 nitrogen and oxygen atoms in total. The van der Waals surface area contributed by atoms with Gasteiger partial charge in [0.1, 0.15) is 0 Å². The first-order valence-corrected chi connectivity index (χ1v) is 6.57. The van der Waals surface area contributed by atoms with E-state index in [-0.39, 0.29) is 12.4 Å². The van der Waals surface area contributed by atoms with E-state index in [1.54, 1.807) is 56.8 Å². The first-order chi connectivity index (χ1) is 5.23. The summed E-state index contributed by atoms with van der Waals surface area (Å²) >= 11 is 1.59. The third-order valence-corrected chi connectivity index (χ3v) is 5.98. The van der Waals surface area contributed by atoms with Crippen LogP contribution in [0.2, 0.25) is 4.01 Å².